The minimum Gasteiger partial charge on any atom is -0.315 e. The topological polar surface area (TPSA) is 70.2 Å². The fourth-order valence-corrected chi connectivity index (χ4v) is 6.39. The molecule has 1 aromatic heterocycles. The largest absolute Gasteiger partial charge is 0.315 e. The third-order valence-corrected chi connectivity index (χ3v) is 8.06. The lowest BCUT2D eigenvalue weighted by Crippen LogP contribution is -2.47. The third kappa shape index (κ3) is 2.38. The molecule has 1 fully saturated rings. The van der Waals surface area contributed by atoms with Crippen LogP contribution in [-0.2, 0) is 10.0 Å². The molecule has 1 aliphatic rings. The zero-order valence-electron chi connectivity index (χ0n) is 10.5. The number of thiazole rings is 1. The number of aryl methyl sites for hydroxylation is 1. The highest BCUT2D eigenvalue weighted by Gasteiger charge is 2.36. The summed E-state index contributed by atoms with van der Waals surface area (Å²) < 4.78 is 26.8. The second-order valence-corrected chi connectivity index (χ2v) is 8.91. The van der Waals surface area contributed by atoms with Gasteiger partial charge in [0.05, 0.1) is 0 Å². The summed E-state index contributed by atoms with van der Waals surface area (Å²) in [5.41, 5.74) is 0.433. The number of hydrogen-bond acceptors (Lipinski definition) is 5. The quantitative estimate of drug-likeness (QED) is 0.893. The van der Waals surface area contributed by atoms with Crippen LogP contribution in [0.25, 0.3) is 0 Å². The summed E-state index contributed by atoms with van der Waals surface area (Å²) in [6.07, 6.45) is 0. The molecule has 5 nitrogen and oxygen atoms in total. The van der Waals surface area contributed by atoms with Gasteiger partial charge in [-0.05, 0) is 13.8 Å². The Bertz CT molecular complexity index is 590. The molecule has 1 N–H and O–H groups in total. The van der Waals surface area contributed by atoms with Crippen molar-refractivity contribution in [1.29, 1.82) is 0 Å². The Labute approximate surface area is 115 Å². The maximum atomic E-state index is 12.5. The van der Waals surface area contributed by atoms with Crippen molar-refractivity contribution in [3.63, 3.8) is 0 Å². The lowest BCUT2D eigenvalue weighted by molar-refractivity contribution is 0.341. The van der Waals surface area contributed by atoms with Crippen molar-refractivity contribution < 1.29 is 8.42 Å². The van der Waals surface area contributed by atoms with Crippen molar-refractivity contribution in [2.75, 3.05) is 12.3 Å². The van der Waals surface area contributed by atoms with Gasteiger partial charge in [0.15, 0.2) is 4.21 Å². The normalized spacial score (nSPS) is 26.4. The molecular weight excluding hydrogens is 292 g/mol. The van der Waals surface area contributed by atoms with Crippen LogP contribution in [0.2, 0.25) is 0 Å². The van der Waals surface area contributed by atoms with E-state index >= 15 is 0 Å². The molecule has 18 heavy (non-hydrogen) atoms. The van der Waals surface area contributed by atoms with E-state index in [1.807, 2.05) is 13.8 Å². The highest BCUT2D eigenvalue weighted by atomic mass is 32.2. The van der Waals surface area contributed by atoms with Crippen LogP contribution in [-0.4, -0.2) is 41.3 Å². The van der Waals surface area contributed by atoms with E-state index in [9.17, 15) is 13.2 Å². The van der Waals surface area contributed by atoms with Gasteiger partial charge in [-0.15, -0.1) is 0 Å². The van der Waals surface area contributed by atoms with Crippen LogP contribution in [0.5, 0.6) is 0 Å². The number of aromatic nitrogens is 1. The highest BCUT2D eigenvalue weighted by molar-refractivity contribution is 8.00. The number of aromatic amines is 1. The molecule has 2 atom stereocenters. The fraction of sp³-hybridized carbons (Fsp3) is 0.700. The Morgan fingerprint density at radius 2 is 2.06 bits per heavy atom. The second kappa shape index (κ2) is 4.99. The minimum absolute atomic E-state index is 0.0506. The Balaban J connectivity index is 2.42. The van der Waals surface area contributed by atoms with E-state index in [0.29, 0.717) is 12.2 Å². The molecule has 0 amide bonds. The zero-order chi connectivity index (χ0) is 13.5. The smallest absolute Gasteiger partial charge is 0.305 e. The molecule has 102 valence electrons. The van der Waals surface area contributed by atoms with Gasteiger partial charge in [0, 0.05) is 29.3 Å². The first-order chi connectivity index (χ1) is 8.34. The van der Waals surface area contributed by atoms with E-state index in [1.165, 1.54) is 4.31 Å². The Morgan fingerprint density at radius 1 is 1.39 bits per heavy atom. The van der Waals surface area contributed by atoms with Crippen LogP contribution >= 0.6 is 23.1 Å². The van der Waals surface area contributed by atoms with Crippen molar-refractivity contribution in [3.05, 3.63) is 15.4 Å². The van der Waals surface area contributed by atoms with E-state index in [0.717, 1.165) is 17.1 Å². The lowest BCUT2D eigenvalue weighted by Gasteiger charge is -2.36. The van der Waals surface area contributed by atoms with Gasteiger partial charge in [0.2, 0.25) is 0 Å². The molecule has 1 saturated heterocycles. The standard InChI is InChI=1S/C10H16N2O3S3/c1-6-9(17-10(13)11-6)18(14,15)12-4-5-16-8(3)7(12)2/h7-8H,4-5H2,1-3H3,(H,11,13). The van der Waals surface area contributed by atoms with Crippen molar-refractivity contribution >= 4 is 33.1 Å². The number of nitrogens with zero attached hydrogens (tertiary/aromatic N) is 1. The van der Waals surface area contributed by atoms with E-state index in [1.54, 1.807) is 18.7 Å². The molecule has 1 aromatic rings. The Hall–Kier alpha value is -0.310. The molecule has 1 aliphatic heterocycles. The number of nitrogens with one attached hydrogen (secondary N) is 1. The molecule has 2 heterocycles. The van der Waals surface area contributed by atoms with Crippen LogP contribution in [0.4, 0.5) is 0 Å². The van der Waals surface area contributed by atoms with Gasteiger partial charge in [0.1, 0.15) is 0 Å². The zero-order valence-corrected chi connectivity index (χ0v) is 12.9. The van der Waals surface area contributed by atoms with Crippen molar-refractivity contribution in [3.8, 4) is 0 Å². The summed E-state index contributed by atoms with van der Waals surface area (Å²) in [7, 11) is -3.55. The van der Waals surface area contributed by atoms with Gasteiger partial charge in [-0.3, -0.25) is 4.79 Å². The number of rotatable bonds is 2. The Kier molecular flexibility index (Phi) is 3.91. The molecule has 8 heteroatoms. The van der Waals surface area contributed by atoms with Gasteiger partial charge in [-0.25, -0.2) is 8.42 Å². The van der Waals surface area contributed by atoms with Gasteiger partial charge in [-0.1, -0.05) is 18.3 Å². The van der Waals surface area contributed by atoms with Gasteiger partial charge < -0.3 is 4.98 Å². The molecule has 0 radical (unpaired) electrons. The van der Waals surface area contributed by atoms with Crippen molar-refractivity contribution in [2.45, 2.75) is 36.3 Å². The number of sulfonamides is 1. The van der Waals surface area contributed by atoms with Crippen LogP contribution in [0.3, 0.4) is 0 Å². The maximum absolute atomic E-state index is 12.5. The number of H-pyrrole nitrogens is 1. The monoisotopic (exact) mass is 308 g/mol. The predicted octanol–water partition coefficient (Wildman–Crippen LogP) is 1.26. The second-order valence-electron chi connectivity index (χ2n) is 4.36. The van der Waals surface area contributed by atoms with Crippen LogP contribution in [0.15, 0.2) is 9.00 Å². The predicted molar refractivity (Wildman–Crippen MR) is 75.0 cm³/mol. The van der Waals surface area contributed by atoms with Gasteiger partial charge >= 0.3 is 4.87 Å². The molecular formula is C10H16N2O3S3. The molecule has 0 spiro atoms. The van der Waals surface area contributed by atoms with E-state index < -0.39 is 10.0 Å². The number of thioether (sulfide) groups is 1. The van der Waals surface area contributed by atoms with Crippen molar-refractivity contribution in [1.82, 2.24) is 9.29 Å². The first-order valence-electron chi connectivity index (χ1n) is 5.67. The van der Waals surface area contributed by atoms with E-state index in [-0.39, 0.29) is 20.4 Å². The summed E-state index contributed by atoms with van der Waals surface area (Å²) in [6, 6.07) is -0.0506. The maximum Gasteiger partial charge on any atom is 0.305 e. The van der Waals surface area contributed by atoms with Crippen molar-refractivity contribution in [2.24, 2.45) is 0 Å². The van der Waals surface area contributed by atoms with Crippen LogP contribution < -0.4 is 4.87 Å². The molecule has 0 saturated carbocycles. The van der Waals surface area contributed by atoms with Crippen LogP contribution in [0.1, 0.15) is 19.5 Å². The summed E-state index contributed by atoms with van der Waals surface area (Å²) in [6.45, 7) is 6.07. The molecule has 0 bridgehead atoms. The molecule has 2 unspecified atom stereocenters. The van der Waals surface area contributed by atoms with Gasteiger partial charge in [-0.2, -0.15) is 16.1 Å². The fourth-order valence-electron chi connectivity index (χ4n) is 1.99. The SMILES string of the molecule is Cc1[nH]c(=O)sc1S(=O)(=O)N1CCSC(C)C1C. The van der Waals surface area contributed by atoms with E-state index in [2.05, 4.69) is 4.98 Å². The highest BCUT2D eigenvalue weighted by Crippen LogP contribution is 2.30. The first-order valence-corrected chi connectivity index (χ1v) is 8.97. The third-order valence-electron chi connectivity index (χ3n) is 3.15. The number of hydrogen-bond donors (Lipinski definition) is 1. The minimum atomic E-state index is -3.55. The summed E-state index contributed by atoms with van der Waals surface area (Å²) in [4.78, 5) is 13.5. The molecule has 0 aromatic carbocycles. The molecule has 0 aliphatic carbocycles. The summed E-state index contributed by atoms with van der Waals surface area (Å²) in [5, 5.41) is 0.268. The lowest BCUT2D eigenvalue weighted by atomic mass is 10.2. The first kappa shape index (κ1) is 14.1. The van der Waals surface area contributed by atoms with E-state index in [4.69, 9.17) is 0 Å². The summed E-state index contributed by atoms with van der Waals surface area (Å²) in [5.74, 6) is 0.795. The average molecular weight is 308 g/mol. The van der Waals surface area contributed by atoms with Crippen LogP contribution in [0, 0.1) is 6.92 Å². The summed E-state index contributed by atoms with van der Waals surface area (Å²) >= 11 is 2.55. The molecule has 2 rings (SSSR count). The average Bonchev–Trinajstić information content (AvgIpc) is 2.62. The van der Waals surface area contributed by atoms with Gasteiger partial charge in [0.25, 0.3) is 10.0 Å². The Morgan fingerprint density at radius 3 is 2.61 bits per heavy atom.